The van der Waals surface area contributed by atoms with Crippen LogP contribution < -0.4 is 0 Å². The van der Waals surface area contributed by atoms with Gasteiger partial charge in [0.25, 0.3) is 0 Å². The second-order valence-corrected chi connectivity index (χ2v) is 7.08. The molecule has 0 atom stereocenters. The number of aryl methyl sites for hydroxylation is 3. The van der Waals surface area contributed by atoms with E-state index in [1.54, 1.807) is 29.1 Å². The van der Waals surface area contributed by atoms with E-state index in [0.29, 0.717) is 26.2 Å². The first kappa shape index (κ1) is 17.9. The highest BCUT2D eigenvalue weighted by atomic mass is 35.5. The van der Waals surface area contributed by atoms with Gasteiger partial charge in [-0.25, -0.2) is 5.10 Å². The van der Waals surface area contributed by atoms with E-state index in [9.17, 15) is 0 Å². The molecule has 0 aliphatic heterocycles. The van der Waals surface area contributed by atoms with Crippen molar-refractivity contribution >= 4 is 41.6 Å². The highest BCUT2D eigenvalue weighted by Gasteiger charge is 2.12. The lowest BCUT2D eigenvalue weighted by atomic mass is 10.0. The molecule has 0 aliphatic rings. The zero-order chi connectivity index (χ0) is 18.1. The van der Waals surface area contributed by atoms with Gasteiger partial charge in [0.05, 0.1) is 11.2 Å². The summed E-state index contributed by atoms with van der Waals surface area (Å²) in [6.45, 7) is 6.20. The van der Waals surface area contributed by atoms with Gasteiger partial charge in [-0.15, -0.1) is 0 Å². The Morgan fingerprint density at radius 1 is 1.12 bits per heavy atom. The molecule has 0 aliphatic carbocycles. The van der Waals surface area contributed by atoms with Crippen molar-refractivity contribution in [2.45, 2.75) is 20.8 Å². The Labute approximate surface area is 161 Å². The van der Waals surface area contributed by atoms with Gasteiger partial charge in [0.1, 0.15) is 0 Å². The molecule has 2 aromatic carbocycles. The van der Waals surface area contributed by atoms with Crippen molar-refractivity contribution in [1.29, 1.82) is 0 Å². The van der Waals surface area contributed by atoms with E-state index in [-0.39, 0.29) is 0 Å². The van der Waals surface area contributed by atoms with E-state index < -0.39 is 0 Å². The molecule has 7 heteroatoms. The van der Waals surface area contributed by atoms with Crippen molar-refractivity contribution in [2.75, 3.05) is 0 Å². The van der Waals surface area contributed by atoms with Gasteiger partial charge >= 0.3 is 0 Å². The van der Waals surface area contributed by atoms with E-state index in [2.05, 4.69) is 48.2 Å². The van der Waals surface area contributed by atoms with E-state index >= 15 is 0 Å². The number of H-pyrrole nitrogens is 1. The molecule has 1 N–H and O–H groups in total. The van der Waals surface area contributed by atoms with Gasteiger partial charge in [-0.1, -0.05) is 40.9 Å². The second kappa shape index (κ2) is 7.12. The van der Waals surface area contributed by atoms with Crippen LogP contribution in [0.3, 0.4) is 0 Å². The Morgan fingerprint density at radius 3 is 2.44 bits per heavy atom. The van der Waals surface area contributed by atoms with Gasteiger partial charge in [0, 0.05) is 16.1 Å². The molecule has 3 rings (SSSR count). The largest absolute Gasteiger partial charge is 0.250 e. The van der Waals surface area contributed by atoms with Gasteiger partial charge in [-0.3, -0.25) is 0 Å². The molecule has 0 saturated carbocycles. The molecule has 0 amide bonds. The summed E-state index contributed by atoms with van der Waals surface area (Å²) in [6, 6.07) is 9.46. The average molecular weight is 391 g/mol. The van der Waals surface area contributed by atoms with E-state index in [1.807, 2.05) is 0 Å². The molecule has 0 unspecified atom stereocenters. The monoisotopic (exact) mass is 390 g/mol. The summed E-state index contributed by atoms with van der Waals surface area (Å²) in [5, 5.41) is 12.6. The third-order valence-electron chi connectivity index (χ3n) is 3.86. The van der Waals surface area contributed by atoms with Crippen LogP contribution in [-0.4, -0.2) is 21.1 Å². The van der Waals surface area contributed by atoms with Gasteiger partial charge in [-0.05, 0) is 62.3 Å². The number of benzene rings is 2. The summed E-state index contributed by atoms with van der Waals surface area (Å²) >= 11 is 17.6. The van der Waals surface area contributed by atoms with Gasteiger partial charge in [0.15, 0.2) is 5.82 Å². The molecule has 25 heavy (non-hydrogen) atoms. The van der Waals surface area contributed by atoms with Crippen molar-refractivity contribution in [3.05, 3.63) is 67.4 Å². The molecule has 3 aromatic rings. The number of hydrogen-bond donors (Lipinski definition) is 1. The standard InChI is InChI=1S/C18H16Cl2N4S/c1-10-6-11(2)15(12(3)7-10)9-21-24-17(22-23-18(24)25)14-5-4-13(19)8-16(14)20/h4-9H,1-3H3,(H,23,25). The highest BCUT2D eigenvalue weighted by molar-refractivity contribution is 7.71. The van der Waals surface area contributed by atoms with E-state index in [1.165, 1.54) is 5.56 Å². The first-order chi connectivity index (χ1) is 11.9. The fraction of sp³-hybridized carbons (Fsp3) is 0.167. The average Bonchev–Trinajstić information content (AvgIpc) is 2.87. The number of rotatable bonds is 3. The minimum absolute atomic E-state index is 0.389. The summed E-state index contributed by atoms with van der Waals surface area (Å²) in [4.78, 5) is 0. The smallest absolute Gasteiger partial charge is 0.216 e. The number of halogens is 2. The molecular weight excluding hydrogens is 375 g/mol. The molecule has 0 saturated heterocycles. The zero-order valence-electron chi connectivity index (χ0n) is 14.0. The Kier molecular flexibility index (Phi) is 5.08. The summed E-state index contributed by atoms with van der Waals surface area (Å²) in [6.07, 6.45) is 1.79. The minimum atomic E-state index is 0.389. The highest BCUT2D eigenvalue weighted by Crippen LogP contribution is 2.29. The second-order valence-electron chi connectivity index (χ2n) is 5.85. The Bertz CT molecular complexity index is 1010. The third-order valence-corrected chi connectivity index (χ3v) is 4.67. The predicted octanol–water partition coefficient (Wildman–Crippen LogP) is 5.72. The molecule has 0 bridgehead atoms. The summed E-state index contributed by atoms with van der Waals surface area (Å²) < 4.78 is 1.95. The molecule has 1 aromatic heterocycles. The van der Waals surface area contributed by atoms with Crippen molar-refractivity contribution in [2.24, 2.45) is 5.10 Å². The topological polar surface area (TPSA) is 46.0 Å². The maximum absolute atomic E-state index is 6.29. The fourth-order valence-electron chi connectivity index (χ4n) is 2.75. The van der Waals surface area contributed by atoms with Crippen LogP contribution in [0.25, 0.3) is 11.4 Å². The van der Waals surface area contributed by atoms with Crippen LogP contribution in [0.5, 0.6) is 0 Å². The summed E-state index contributed by atoms with van der Waals surface area (Å²) in [5.41, 5.74) is 5.29. The number of hydrogen-bond acceptors (Lipinski definition) is 3. The normalized spacial score (nSPS) is 11.4. The minimum Gasteiger partial charge on any atom is -0.250 e. The van der Waals surface area contributed by atoms with Crippen LogP contribution in [0.4, 0.5) is 0 Å². The lowest BCUT2D eigenvalue weighted by molar-refractivity contribution is 0.871. The maximum atomic E-state index is 6.29. The molecule has 4 nitrogen and oxygen atoms in total. The fourth-order valence-corrected chi connectivity index (χ4v) is 3.43. The first-order valence-corrected chi connectivity index (χ1v) is 8.78. The Morgan fingerprint density at radius 2 is 1.80 bits per heavy atom. The zero-order valence-corrected chi connectivity index (χ0v) is 16.3. The third kappa shape index (κ3) is 3.68. The van der Waals surface area contributed by atoms with Crippen molar-refractivity contribution in [1.82, 2.24) is 14.9 Å². The maximum Gasteiger partial charge on any atom is 0.216 e. The number of aromatic nitrogens is 3. The number of nitrogens with zero attached hydrogens (tertiary/aromatic N) is 3. The van der Waals surface area contributed by atoms with Crippen LogP contribution in [0.2, 0.25) is 10.0 Å². The molecule has 1 heterocycles. The lowest BCUT2D eigenvalue weighted by Crippen LogP contribution is -1.98. The SMILES string of the molecule is Cc1cc(C)c(C=Nn2c(-c3ccc(Cl)cc3Cl)n[nH]c2=S)c(C)c1. The molecule has 0 spiro atoms. The Balaban J connectivity index is 2.08. The molecule has 0 radical (unpaired) electrons. The van der Waals surface area contributed by atoms with Crippen LogP contribution >= 0.6 is 35.4 Å². The number of aromatic amines is 1. The van der Waals surface area contributed by atoms with E-state index in [0.717, 1.165) is 16.7 Å². The van der Waals surface area contributed by atoms with E-state index in [4.69, 9.17) is 35.4 Å². The van der Waals surface area contributed by atoms with Gasteiger partial charge in [-0.2, -0.15) is 14.9 Å². The number of nitrogens with one attached hydrogen (secondary N) is 1. The van der Waals surface area contributed by atoms with Crippen LogP contribution in [0.1, 0.15) is 22.3 Å². The predicted molar refractivity (Wildman–Crippen MR) is 107 cm³/mol. The van der Waals surface area contributed by atoms with Crippen molar-refractivity contribution in [3.8, 4) is 11.4 Å². The molecule has 128 valence electrons. The van der Waals surface area contributed by atoms with Crippen molar-refractivity contribution in [3.63, 3.8) is 0 Å². The van der Waals surface area contributed by atoms with Gasteiger partial charge < -0.3 is 0 Å². The van der Waals surface area contributed by atoms with Gasteiger partial charge in [0.2, 0.25) is 4.77 Å². The molecular formula is C18H16Cl2N4S. The van der Waals surface area contributed by atoms with Crippen molar-refractivity contribution < 1.29 is 0 Å². The quantitative estimate of drug-likeness (QED) is 0.458. The molecule has 0 fully saturated rings. The lowest BCUT2D eigenvalue weighted by Gasteiger charge is -2.07. The van der Waals surface area contributed by atoms with Crippen LogP contribution in [0, 0.1) is 25.5 Å². The first-order valence-electron chi connectivity index (χ1n) is 7.62. The van der Waals surface area contributed by atoms with Crippen LogP contribution in [0.15, 0.2) is 35.4 Å². The Hall–Kier alpha value is -1.95. The summed E-state index contributed by atoms with van der Waals surface area (Å²) in [5.74, 6) is 0.533. The summed E-state index contributed by atoms with van der Waals surface area (Å²) in [7, 11) is 0. The van der Waals surface area contributed by atoms with Crippen LogP contribution in [-0.2, 0) is 0 Å².